The van der Waals surface area contributed by atoms with Gasteiger partial charge in [0.2, 0.25) is 0 Å². The van der Waals surface area contributed by atoms with Crippen molar-refractivity contribution >= 4 is 46.4 Å². The molecule has 0 saturated carbocycles. The van der Waals surface area contributed by atoms with Gasteiger partial charge in [-0.05, 0) is 82.9 Å². The summed E-state index contributed by atoms with van der Waals surface area (Å²) in [6.45, 7) is 0. The molecule has 0 saturated heterocycles. The maximum absolute atomic E-state index is 15.7. The van der Waals surface area contributed by atoms with Gasteiger partial charge in [-0.15, -0.1) is 0 Å². The molecule has 0 fully saturated rings. The van der Waals surface area contributed by atoms with Crippen molar-refractivity contribution in [2.75, 3.05) is 21.3 Å². The van der Waals surface area contributed by atoms with E-state index in [1.165, 1.54) is 30.3 Å². The van der Waals surface area contributed by atoms with Gasteiger partial charge in [0.25, 0.3) is 23.6 Å². The number of imide groups is 2. The van der Waals surface area contributed by atoms with Crippen LogP contribution >= 0.6 is 0 Å². The predicted molar refractivity (Wildman–Crippen MR) is 187 cm³/mol. The van der Waals surface area contributed by atoms with Crippen LogP contribution in [0.5, 0.6) is 0 Å². The monoisotopic (exact) mass is 716 g/mol. The molecule has 0 bridgehead atoms. The number of nitrogens with zero attached hydrogens (tertiary/aromatic N) is 2. The molecule has 4 amide bonds. The van der Waals surface area contributed by atoms with Gasteiger partial charge in [0.05, 0.1) is 27.9 Å². The number of anilines is 4. The van der Waals surface area contributed by atoms with Gasteiger partial charge in [0.15, 0.2) is 17.5 Å². The molecule has 2 aliphatic heterocycles. The molecule has 8 rings (SSSR count). The molecule has 6 aromatic carbocycles. The summed E-state index contributed by atoms with van der Waals surface area (Å²) in [7, 11) is 0. The van der Waals surface area contributed by atoms with E-state index in [-0.39, 0.29) is 27.2 Å². The number of halogens is 5. The number of carbonyl (C=O) groups excluding carboxylic acids is 4. The van der Waals surface area contributed by atoms with Crippen LogP contribution in [0.1, 0.15) is 41.4 Å². The summed E-state index contributed by atoms with van der Waals surface area (Å²) in [4.78, 5) is 53.8. The second-order valence-corrected chi connectivity index (χ2v) is 12.3. The normalized spacial score (nSPS) is 13.6. The van der Waals surface area contributed by atoms with Crippen molar-refractivity contribution < 1.29 is 41.1 Å². The van der Waals surface area contributed by atoms with Crippen LogP contribution in [0.15, 0.2) is 103 Å². The smallest absolute Gasteiger partial charge is 0.266 e. The molecular formula is C40H21F5N4O4. The average molecular weight is 717 g/mol. The third-order valence-corrected chi connectivity index (χ3v) is 9.19. The predicted octanol–water partition coefficient (Wildman–Crippen LogP) is 8.15. The first kappa shape index (κ1) is 33.0. The summed E-state index contributed by atoms with van der Waals surface area (Å²) in [5, 5.41) is 0. The molecule has 0 unspecified atom stereocenters. The van der Waals surface area contributed by atoms with E-state index in [1.54, 1.807) is 54.6 Å². The van der Waals surface area contributed by atoms with Crippen molar-refractivity contribution in [1.82, 2.24) is 0 Å². The molecular weight excluding hydrogens is 695 g/mol. The molecule has 0 aromatic heterocycles. The third-order valence-electron chi connectivity index (χ3n) is 9.19. The fourth-order valence-corrected chi connectivity index (χ4v) is 6.51. The Hall–Kier alpha value is -7.15. The molecule has 8 nitrogen and oxygen atoms in total. The van der Waals surface area contributed by atoms with Crippen LogP contribution in [0.4, 0.5) is 44.7 Å². The second kappa shape index (κ2) is 12.0. The van der Waals surface area contributed by atoms with E-state index >= 15 is 22.0 Å². The molecule has 53 heavy (non-hydrogen) atoms. The van der Waals surface area contributed by atoms with E-state index in [9.17, 15) is 19.2 Å². The SMILES string of the molecule is Nc1ccc(-c2ccc3c(c2)C(=O)N(c2cc(F)c(-c4cc(F)c(N5C(=O)c6ccc(-c7ccc(N)cc7)cc6C5=O)c(F)c4F)cc2F)C3=O)cc1. The van der Waals surface area contributed by atoms with E-state index in [1.807, 2.05) is 0 Å². The first-order valence-electron chi connectivity index (χ1n) is 15.8. The van der Waals surface area contributed by atoms with Crippen molar-refractivity contribution in [3.63, 3.8) is 0 Å². The average Bonchev–Trinajstić information content (AvgIpc) is 3.54. The van der Waals surface area contributed by atoms with E-state index in [2.05, 4.69) is 0 Å². The molecule has 260 valence electrons. The molecule has 2 heterocycles. The standard InChI is InChI=1S/C40H21F5N4O4/c41-30-17-33(48-37(50)24-11-5-20(13-28(24)39(48)52)18-1-7-22(46)8-2-18)31(42)15-26(30)27-16-32(43)36(35(45)34(27)44)49-38(51)25-12-6-21(14-29(25)40(49)53)19-3-9-23(47)10-4-19/h1-17H,46-47H2. The minimum absolute atomic E-state index is 0.0847. The molecule has 6 aromatic rings. The first-order chi connectivity index (χ1) is 25.3. The fourth-order valence-electron chi connectivity index (χ4n) is 6.51. The maximum Gasteiger partial charge on any atom is 0.266 e. The third kappa shape index (κ3) is 5.12. The number of nitrogen functional groups attached to an aromatic ring is 2. The molecule has 0 spiro atoms. The summed E-state index contributed by atoms with van der Waals surface area (Å²) < 4.78 is 78.4. The highest BCUT2D eigenvalue weighted by Crippen LogP contribution is 2.41. The van der Waals surface area contributed by atoms with Crippen LogP contribution < -0.4 is 21.3 Å². The summed E-state index contributed by atoms with van der Waals surface area (Å²) in [5.41, 5.74) is 9.95. The van der Waals surface area contributed by atoms with Crippen molar-refractivity contribution in [2.45, 2.75) is 0 Å². The van der Waals surface area contributed by atoms with Crippen molar-refractivity contribution in [3.05, 3.63) is 154 Å². The highest BCUT2D eigenvalue weighted by atomic mass is 19.2. The first-order valence-corrected chi connectivity index (χ1v) is 15.8. The van der Waals surface area contributed by atoms with Crippen LogP contribution in [0.25, 0.3) is 33.4 Å². The zero-order valence-electron chi connectivity index (χ0n) is 26.9. The van der Waals surface area contributed by atoms with Gasteiger partial charge in [0, 0.05) is 28.6 Å². The Balaban J connectivity index is 1.12. The number of nitrogens with two attached hydrogens (primary N) is 2. The molecule has 0 atom stereocenters. The Labute approximate surface area is 296 Å². The van der Waals surface area contributed by atoms with Gasteiger partial charge in [-0.25, -0.2) is 31.8 Å². The summed E-state index contributed by atoms with van der Waals surface area (Å²) in [6.07, 6.45) is 0. The minimum Gasteiger partial charge on any atom is -0.399 e. The van der Waals surface area contributed by atoms with Crippen LogP contribution in [0.3, 0.4) is 0 Å². The zero-order chi connectivity index (χ0) is 37.5. The van der Waals surface area contributed by atoms with Crippen molar-refractivity contribution in [2.24, 2.45) is 0 Å². The topological polar surface area (TPSA) is 127 Å². The number of hydrogen-bond donors (Lipinski definition) is 2. The fraction of sp³-hybridized carbons (Fsp3) is 0. The summed E-state index contributed by atoms with van der Waals surface area (Å²) >= 11 is 0. The second-order valence-electron chi connectivity index (χ2n) is 12.3. The Morgan fingerprint density at radius 1 is 0.377 bits per heavy atom. The minimum atomic E-state index is -2.02. The van der Waals surface area contributed by atoms with E-state index in [0.29, 0.717) is 56.7 Å². The lowest BCUT2D eigenvalue weighted by atomic mass is 10.00. The number of amides is 4. The number of carbonyl (C=O) groups is 4. The van der Waals surface area contributed by atoms with Gasteiger partial charge in [0.1, 0.15) is 17.3 Å². The molecule has 0 aliphatic carbocycles. The Morgan fingerprint density at radius 3 is 1.34 bits per heavy atom. The number of rotatable bonds is 5. The highest BCUT2D eigenvalue weighted by molar-refractivity contribution is 6.35. The van der Waals surface area contributed by atoms with Crippen molar-refractivity contribution in [1.29, 1.82) is 0 Å². The van der Waals surface area contributed by atoms with Gasteiger partial charge < -0.3 is 11.5 Å². The largest absolute Gasteiger partial charge is 0.399 e. The van der Waals surface area contributed by atoms with Crippen LogP contribution in [0.2, 0.25) is 0 Å². The van der Waals surface area contributed by atoms with Crippen LogP contribution in [-0.4, -0.2) is 23.6 Å². The van der Waals surface area contributed by atoms with Crippen molar-refractivity contribution in [3.8, 4) is 33.4 Å². The number of hydrogen-bond acceptors (Lipinski definition) is 6. The quantitative estimate of drug-likeness (QED) is 0.0803. The van der Waals surface area contributed by atoms with E-state index in [0.717, 1.165) is 0 Å². The number of benzene rings is 6. The molecule has 13 heteroatoms. The Kier molecular flexibility index (Phi) is 7.46. The summed E-state index contributed by atoms with van der Waals surface area (Å²) in [6, 6.07) is 22.8. The van der Waals surface area contributed by atoms with Crippen LogP contribution in [0, 0.1) is 29.1 Å². The van der Waals surface area contributed by atoms with Crippen LogP contribution in [-0.2, 0) is 0 Å². The zero-order valence-corrected chi connectivity index (χ0v) is 26.9. The summed E-state index contributed by atoms with van der Waals surface area (Å²) in [5.74, 6) is -12.6. The lowest BCUT2D eigenvalue weighted by Gasteiger charge is -2.19. The molecule has 2 aliphatic rings. The molecule has 4 N–H and O–H groups in total. The Morgan fingerprint density at radius 2 is 0.811 bits per heavy atom. The highest BCUT2D eigenvalue weighted by Gasteiger charge is 2.42. The van der Waals surface area contributed by atoms with E-state index in [4.69, 9.17) is 11.5 Å². The van der Waals surface area contributed by atoms with Gasteiger partial charge in [-0.3, -0.25) is 19.2 Å². The lowest BCUT2D eigenvalue weighted by molar-refractivity contribution is 0.0908. The molecule has 0 radical (unpaired) electrons. The van der Waals surface area contributed by atoms with Gasteiger partial charge >= 0.3 is 0 Å². The number of fused-ring (bicyclic) bond motifs is 2. The van der Waals surface area contributed by atoms with E-state index < -0.39 is 75.2 Å². The van der Waals surface area contributed by atoms with Gasteiger partial charge in [-0.2, -0.15) is 0 Å². The Bertz CT molecular complexity index is 2630. The van der Waals surface area contributed by atoms with Gasteiger partial charge in [-0.1, -0.05) is 36.4 Å². The maximum atomic E-state index is 15.7. The lowest BCUT2D eigenvalue weighted by Crippen LogP contribution is -2.31.